The van der Waals surface area contributed by atoms with Gasteiger partial charge in [-0.3, -0.25) is 9.69 Å². The Morgan fingerprint density at radius 2 is 1.67 bits per heavy atom. The standard InChI is InChI=1S/C20H37N5O.HI/c1-23(2)19(26)15-21-20(22-17-9-5-3-6-10-17)25-14-11-18(16-25)24-12-7-4-8-13-24;/h17-18H,3-16H2,1-2H3,(H,21,22);1H. The van der Waals surface area contributed by atoms with Gasteiger partial charge in [0.1, 0.15) is 6.54 Å². The van der Waals surface area contributed by atoms with Crippen LogP contribution in [0.5, 0.6) is 0 Å². The number of likely N-dealkylation sites (N-methyl/N-ethyl adjacent to an activating group) is 1. The van der Waals surface area contributed by atoms with Gasteiger partial charge in [-0.25, -0.2) is 4.99 Å². The van der Waals surface area contributed by atoms with Gasteiger partial charge in [-0.15, -0.1) is 24.0 Å². The first-order valence-electron chi connectivity index (χ1n) is 10.6. The fourth-order valence-corrected chi connectivity index (χ4v) is 4.47. The van der Waals surface area contributed by atoms with E-state index < -0.39 is 0 Å². The number of halogens is 1. The number of piperidine rings is 1. The average Bonchev–Trinajstić information content (AvgIpc) is 3.16. The molecule has 0 radical (unpaired) electrons. The summed E-state index contributed by atoms with van der Waals surface area (Å²) in [5.41, 5.74) is 0. The number of aliphatic imine (C=N–C) groups is 1. The molecule has 3 rings (SSSR count). The van der Waals surface area contributed by atoms with Crippen molar-refractivity contribution in [1.82, 2.24) is 20.0 Å². The van der Waals surface area contributed by atoms with Crippen LogP contribution < -0.4 is 5.32 Å². The zero-order valence-electron chi connectivity index (χ0n) is 17.2. The molecule has 0 aromatic carbocycles. The maximum absolute atomic E-state index is 12.0. The predicted octanol–water partition coefficient (Wildman–Crippen LogP) is 2.53. The maximum atomic E-state index is 12.0. The number of hydrogen-bond acceptors (Lipinski definition) is 3. The first-order chi connectivity index (χ1) is 12.6. The Kier molecular flexibility index (Phi) is 9.62. The fourth-order valence-electron chi connectivity index (χ4n) is 4.47. The number of carbonyl (C=O) groups excluding carboxylic acids is 1. The Balaban J connectivity index is 0.00000261. The van der Waals surface area contributed by atoms with Crippen molar-refractivity contribution in [3.8, 4) is 0 Å². The molecule has 0 aromatic heterocycles. The van der Waals surface area contributed by atoms with E-state index in [1.165, 1.54) is 70.9 Å². The number of hydrogen-bond donors (Lipinski definition) is 1. The van der Waals surface area contributed by atoms with Gasteiger partial charge in [-0.05, 0) is 45.2 Å². The minimum absolute atomic E-state index is 0. The van der Waals surface area contributed by atoms with E-state index in [2.05, 4.69) is 15.1 Å². The van der Waals surface area contributed by atoms with E-state index in [4.69, 9.17) is 4.99 Å². The van der Waals surface area contributed by atoms with Crippen LogP contribution >= 0.6 is 24.0 Å². The van der Waals surface area contributed by atoms with E-state index in [9.17, 15) is 4.79 Å². The summed E-state index contributed by atoms with van der Waals surface area (Å²) in [7, 11) is 3.60. The van der Waals surface area contributed by atoms with E-state index in [1.807, 2.05) is 0 Å². The second kappa shape index (κ2) is 11.4. The number of rotatable bonds is 4. The number of carbonyl (C=O) groups is 1. The van der Waals surface area contributed by atoms with Crippen LogP contribution in [0.2, 0.25) is 0 Å². The van der Waals surface area contributed by atoms with Crippen LogP contribution in [0.15, 0.2) is 4.99 Å². The lowest BCUT2D eigenvalue weighted by atomic mass is 9.96. The maximum Gasteiger partial charge on any atom is 0.243 e. The van der Waals surface area contributed by atoms with Crippen LogP contribution in [0, 0.1) is 0 Å². The zero-order valence-corrected chi connectivity index (χ0v) is 19.5. The van der Waals surface area contributed by atoms with Crippen molar-refractivity contribution in [2.75, 3.05) is 46.8 Å². The lowest BCUT2D eigenvalue weighted by Gasteiger charge is -2.33. The van der Waals surface area contributed by atoms with Gasteiger partial charge < -0.3 is 15.1 Å². The van der Waals surface area contributed by atoms with Crippen molar-refractivity contribution < 1.29 is 4.79 Å². The Hall–Kier alpha value is -0.570. The van der Waals surface area contributed by atoms with Crippen LogP contribution in [0.4, 0.5) is 0 Å². The van der Waals surface area contributed by atoms with Crippen molar-refractivity contribution >= 4 is 35.8 Å². The lowest BCUT2D eigenvalue weighted by Crippen LogP contribution is -2.48. The van der Waals surface area contributed by atoms with Crippen LogP contribution in [0.3, 0.4) is 0 Å². The molecule has 3 aliphatic rings. The highest BCUT2D eigenvalue weighted by atomic mass is 127. The highest BCUT2D eigenvalue weighted by molar-refractivity contribution is 14.0. The largest absolute Gasteiger partial charge is 0.353 e. The molecule has 7 heteroatoms. The summed E-state index contributed by atoms with van der Waals surface area (Å²) < 4.78 is 0. The second-order valence-corrected chi connectivity index (χ2v) is 8.39. The molecule has 1 unspecified atom stereocenters. The number of amides is 1. The van der Waals surface area contributed by atoms with Crippen molar-refractivity contribution in [2.24, 2.45) is 4.99 Å². The quantitative estimate of drug-likeness (QED) is 0.373. The summed E-state index contributed by atoms with van der Waals surface area (Å²) in [4.78, 5) is 23.5. The summed E-state index contributed by atoms with van der Waals surface area (Å²) in [6.45, 7) is 4.85. The SMILES string of the molecule is CN(C)C(=O)CN=C(NC1CCCCC1)N1CCC(N2CCCCC2)C1.I. The summed E-state index contributed by atoms with van der Waals surface area (Å²) in [6.07, 6.45) is 11.7. The molecule has 3 fully saturated rings. The third-order valence-electron chi connectivity index (χ3n) is 6.17. The van der Waals surface area contributed by atoms with Crippen molar-refractivity contribution in [2.45, 2.75) is 69.9 Å². The van der Waals surface area contributed by atoms with Gasteiger partial charge in [0.25, 0.3) is 0 Å². The van der Waals surface area contributed by atoms with Crippen molar-refractivity contribution in [3.63, 3.8) is 0 Å². The van der Waals surface area contributed by atoms with Crippen molar-refractivity contribution in [3.05, 3.63) is 0 Å². The normalized spacial score (nSPS) is 25.2. The van der Waals surface area contributed by atoms with E-state index in [0.717, 1.165) is 19.0 Å². The van der Waals surface area contributed by atoms with Gasteiger partial charge in [0.05, 0.1) is 0 Å². The topological polar surface area (TPSA) is 51.2 Å². The van der Waals surface area contributed by atoms with Gasteiger partial charge in [0.15, 0.2) is 5.96 Å². The summed E-state index contributed by atoms with van der Waals surface area (Å²) in [6, 6.07) is 1.17. The van der Waals surface area contributed by atoms with Crippen LogP contribution in [0.1, 0.15) is 57.8 Å². The molecule has 2 heterocycles. The third kappa shape index (κ3) is 6.76. The highest BCUT2D eigenvalue weighted by Gasteiger charge is 2.31. The summed E-state index contributed by atoms with van der Waals surface area (Å²) >= 11 is 0. The van der Waals surface area contributed by atoms with Crippen LogP contribution in [-0.2, 0) is 4.79 Å². The monoisotopic (exact) mass is 491 g/mol. The van der Waals surface area contributed by atoms with E-state index in [1.54, 1.807) is 19.0 Å². The number of likely N-dealkylation sites (tertiary alicyclic amines) is 2. The van der Waals surface area contributed by atoms with Gasteiger partial charge >= 0.3 is 0 Å². The molecule has 1 N–H and O–H groups in total. The Bertz CT molecular complexity index is 487. The zero-order chi connectivity index (χ0) is 18.4. The Labute approximate surface area is 182 Å². The highest BCUT2D eigenvalue weighted by Crippen LogP contribution is 2.22. The Morgan fingerprint density at radius 1 is 1.00 bits per heavy atom. The van der Waals surface area contributed by atoms with Gasteiger partial charge in [0, 0.05) is 39.3 Å². The number of guanidine groups is 1. The fraction of sp³-hybridized carbons (Fsp3) is 0.900. The molecule has 156 valence electrons. The minimum atomic E-state index is 0. The molecule has 1 aliphatic carbocycles. The first kappa shape index (κ1) is 22.7. The number of nitrogens with zero attached hydrogens (tertiary/aromatic N) is 4. The summed E-state index contributed by atoms with van der Waals surface area (Å²) in [5.74, 6) is 1.03. The van der Waals surface area contributed by atoms with Crippen molar-refractivity contribution in [1.29, 1.82) is 0 Å². The molecule has 1 saturated carbocycles. The van der Waals surface area contributed by atoms with Gasteiger partial charge in [-0.2, -0.15) is 0 Å². The smallest absolute Gasteiger partial charge is 0.243 e. The molecular weight excluding hydrogens is 453 g/mol. The molecule has 0 bridgehead atoms. The van der Waals surface area contributed by atoms with Gasteiger partial charge in [-0.1, -0.05) is 25.7 Å². The second-order valence-electron chi connectivity index (χ2n) is 8.39. The van der Waals surface area contributed by atoms with Gasteiger partial charge in [0.2, 0.25) is 5.91 Å². The van der Waals surface area contributed by atoms with E-state index in [-0.39, 0.29) is 36.4 Å². The molecule has 27 heavy (non-hydrogen) atoms. The number of nitrogens with one attached hydrogen (secondary N) is 1. The molecule has 2 saturated heterocycles. The minimum Gasteiger partial charge on any atom is -0.353 e. The van der Waals surface area contributed by atoms with Crippen LogP contribution in [-0.4, -0.2) is 85.5 Å². The third-order valence-corrected chi connectivity index (χ3v) is 6.17. The lowest BCUT2D eigenvalue weighted by molar-refractivity contribution is -0.127. The molecule has 0 aromatic rings. The van der Waals surface area contributed by atoms with Crippen LogP contribution in [0.25, 0.3) is 0 Å². The van der Waals surface area contributed by atoms with E-state index >= 15 is 0 Å². The molecule has 0 spiro atoms. The average molecular weight is 491 g/mol. The molecule has 1 atom stereocenters. The predicted molar refractivity (Wildman–Crippen MR) is 122 cm³/mol. The molecule has 1 amide bonds. The molecule has 2 aliphatic heterocycles. The van der Waals surface area contributed by atoms with E-state index in [0.29, 0.717) is 12.1 Å². The molecule has 6 nitrogen and oxygen atoms in total. The summed E-state index contributed by atoms with van der Waals surface area (Å²) in [5, 5.41) is 3.70. The molecular formula is C20H38IN5O. The Morgan fingerprint density at radius 3 is 2.33 bits per heavy atom. The first-order valence-corrected chi connectivity index (χ1v) is 10.6.